The van der Waals surface area contributed by atoms with Gasteiger partial charge >= 0.3 is 6.18 Å². The first-order chi connectivity index (χ1) is 14.2. The predicted octanol–water partition coefficient (Wildman–Crippen LogP) is 5.38. The zero-order valence-electron chi connectivity index (χ0n) is 16.7. The van der Waals surface area contributed by atoms with E-state index in [0.717, 1.165) is 23.5 Å². The number of halogens is 3. The molecular formula is C21H21F3N4OS. The van der Waals surface area contributed by atoms with Gasteiger partial charge in [-0.1, -0.05) is 18.2 Å². The maximum absolute atomic E-state index is 13.0. The van der Waals surface area contributed by atoms with Gasteiger partial charge in [0, 0.05) is 11.8 Å². The summed E-state index contributed by atoms with van der Waals surface area (Å²) in [5, 5.41) is 11.0. The van der Waals surface area contributed by atoms with Crippen LogP contribution in [0.25, 0.3) is 0 Å². The van der Waals surface area contributed by atoms with Crippen molar-refractivity contribution in [1.82, 2.24) is 9.78 Å². The van der Waals surface area contributed by atoms with Gasteiger partial charge in [0.25, 0.3) is 0 Å². The predicted molar refractivity (Wildman–Crippen MR) is 115 cm³/mol. The van der Waals surface area contributed by atoms with Gasteiger partial charge in [-0.3, -0.25) is 4.68 Å². The maximum Gasteiger partial charge on any atom is 0.416 e. The lowest BCUT2D eigenvalue weighted by molar-refractivity contribution is -0.137. The lowest BCUT2D eigenvalue weighted by atomic mass is 10.1. The van der Waals surface area contributed by atoms with Crippen LogP contribution in [0.3, 0.4) is 0 Å². The number of ether oxygens (including phenoxy) is 1. The molecule has 3 rings (SSSR count). The summed E-state index contributed by atoms with van der Waals surface area (Å²) in [5.74, 6) is 0.698. The van der Waals surface area contributed by atoms with Crippen molar-refractivity contribution < 1.29 is 17.9 Å². The van der Waals surface area contributed by atoms with Crippen LogP contribution >= 0.6 is 12.2 Å². The molecule has 0 saturated heterocycles. The molecular weight excluding hydrogens is 413 g/mol. The highest BCUT2D eigenvalue weighted by atomic mass is 32.1. The van der Waals surface area contributed by atoms with Crippen molar-refractivity contribution in [2.45, 2.75) is 26.6 Å². The van der Waals surface area contributed by atoms with Gasteiger partial charge in [0.15, 0.2) is 5.11 Å². The minimum absolute atomic E-state index is 0.217. The minimum Gasteiger partial charge on any atom is -0.497 e. The van der Waals surface area contributed by atoms with E-state index in [-0.39, 0.29) is 6.54 Å². The van der Waals surface area contributed by atoms with Crippen molar-refractivity contribution in [3.05, 3.63) is 71.0 Å². The van der Waals surface area contributed by atoms with Crippen LogP contribution in [0.1, 0.15) is 22.5 Å². The largest absolute Gasteiger partial charge is 0.497 e. The number of hydrogen-bond donors (Lipinski definition) is 2. The summed E-state index contributed by atoms with van der Waals surface area (Å²) in [4.78, 5) is 0. The van der Waals surface area contributed by atoms with Crippen LogP contribution in [0, 0.1) is 13.8 Å². The number of rotatable bonds is 5. The Bertz CT molecular complexity index is 1060. The maximum atomic E-state index is 13.0. The Labute approximate surface area is 177 Å². The van der Waals surface area contributed by atoms with E-state index in [4.69, 9.17) is 17.0 Å². The molecule has 2 aromatic carbocycles. The summed E-state index contributed by atoms with van der Waals surface area (Å²) in [6.45, 7) is 3.87. The zero-order chi connectivity index (χ0) is 21.9. The monoisotopic (exact) mass is 434 g/mol. The molecule has 0 atom stereocenters. The van der Waals surface area contributed by atoms with Crippen LogP contribution < -0.4 is 15.4 Å². The van der Waals surface area contributed by atoms with E-state index in [2.05, 4.69) is 15.7 Å². The van der Waals surface area contributed by atoms with Gasteiger partial charge in [-0.25, -0.2) is 0 Å². The molecule has 158 valence electrons. The number of aryl methyl sites for hydroxylation is 1. The molecule has 2 N–H and O–H groups in total. The summed E-state index contributed by atoms with van der Waals surface area (Å²) < 4.78 is 45.7. The molecule has 30 heavy (non-hydrogen) atoms. The van der Waals surface area contributed by atoms with Crippen LogP contribution in [-0.2, 0) is 12.7 Å². The number of hydrogen-bond acceptors (Lipinski definition) is 3. The molecule has 0 fully saturated rings. The first-order valence-electron chi connectivity index (χ1n) is 9.09. The molecule has 0 amide bonds. The number of methoxy groups -OCH3 is 1. The number of thiocarbonyl (C=S) groups is 1. The molecule has 0 aliphatic carbocycles. The second-order valence-corrected chi connectivity index (χ2v) is 7.12. The first kappa shape index (κ1) is 21.6. The fraction of sp³-hybridized carbons (Fsp3) is 0.238. The Balaban J connectivity index is 1.75. The summed E-state index contributed by atoms with van der Waals surface area (Å²) in [5.41, 5.74) is 2.76. The number of nitrogens with zero attached hydrogens (tertiary/aromatic N) is 2. The minimum atomic E-state index is -4.38. The van der Waals surface area contributed by atoms with Crippen molar-refractivity contribution in [2.24, 2.45) is 0 Å². The molecule has 1 aromatic heterocycles. The average molecular weight is 434 g/mol. The van der Waals surface area contributed by atoms with Crippen LogP contribution in [0.2, 0.25) is 0 Å². The number of benzene rings is 2. The third-order valence-corrected chi connectivity index (χ3v) is 4.74. The highest BCUT2D eigenvalue weighted by Crippen LogP contribution is 2.30. The lowest BCUT2D eigenvalue weighted by Crippen LogP contribution is -2.20. The molecule has 0 radical (unpaired) electrons. The molecule has 0 saturated carbocycles. The molecule has 3 aromatic rings. The first-order valence-corrected chi connectivity index (χ1v) is 9.50. The van der Waals surface area contributed by atoms with Gasteiger partial charge in [-0.15, -0.1) is 0 Å². The van der Waals surface area contributed by atoms with Crippen LogP contribution in [-0.4, -0.2) is 22.0 Å². The second-order valence-electron chi connectivity index (χ2n) is 6.71. The van der Waals surface area contributed by atoms with Gasteiger partial charge in [-0.2, -0.15) is 18.3 Å². The molecule has 0 aliphatic rings. The normalized spacial score (nSPS) is 11.3. The molecule has 5 nitrogen and oxygen atoms in total. The van der Waals surface area contributed by atoms with Crippen molar-refractivity contribution >= 4 is 28.7 Å². The van der Waals surface area contributed by atoms with Gasteiger partial charge in [0.1, 0.15) is 5.75 Å². The van der Waals surface area contributed by atoms with Crippen molar-refractivity contribution in [1.29, 1.82) is 0 Å². The molecule has 0 bridgehead atoms. The van der Waals surface area contributed by atoms with Crippen LogP contribution in [0.4, 0.5) is 24.5 Å². The Morgan fingerprint density at radius 1 is 1.10 bits per heavy atom. The topological polar surface area (TPSA) is 51.1 Å². The van der Waals surface area contributed by atoms with Gasteiger partial charge in [-0.05, 0) is 55.9 Å². The molecule has 9 heteroatoms. The Kier molecular flexibility index (Phi) is 6.31. The summed E-state index contributed by atoms with van der Waals surface area (Å²) >= 11 is 5.39. The summed E-state index contributed by atoms with van der Waals surface area (Å²) in [6.07, 6.45) is -4.38. The quantitative estimate of drug-likeness (QED) is 0.528. The van der Waals surface area contributed by atoms with E-state index >= 15 is 0 Å². The van der Waals surface area contributed by atoms with Crippen molar-refractivity contribution in [3.8, 4) is 5.75 Å². The van der Waals surface area contributed by atoms with Crippen molar-refractivity contribution in [3.63, 3.8) is 0 Å². The molecule has 0 spiro atoms. The Morgan fingerprint density at radius 3 is 2.53 bits per heavy atom. The van der Waals surface area contributed by atoms with Gasteiger partial charge in [0.2, 0.25) is 0 Å². The van der Waals surface area contributed by atoms with E-state index in [1.165, 1.54) is 6.07 Å². The van der Waals surface area contributed by atoms with Crippen LogP contribution in [0.15, 0.2) is 48.5 Å². The van der Waals surface area contributed by atoms with E-state index in [1.807, 2.05) is 38.1 Å². The SMILES string of the molecule is COc1cccc(NC(=S)Nc2c(C)nn(Cc3cccc(C(F)(F)F)c3)c2C)c1. The standard InChI is InChI=1S/C21H21F3N4OS/c1-13-19(26-20(30)25-17-8-5-9-18(11-17)29-3)14(2)28(27-13)12-15-6-4-7-16(10-15)21(22,23)24/h4-11H,12H2,1-3H3,(H2,25,26,30). The van der Waals surface area contributed by atoms with Gasteiger partial charge in [0.05, 0.1) is 36.3 Å². The van der Waals surface area contributed by atoms with Crippen LogP contribution in [0.5, 0.6) is 5.75 Å². The smallest absolute Gasteiger partial charge is 0.416 e. The Morgan fingerprint density at radius 2 is 1.83 bits per heavy atom. The average Bonchev–Trinajstić information content (AvgIpc) is 2.95. The third kappa shape index (κ3) is 5.10. The van der Waals surface area contributed by atoms with E-state index in [1.54, 1.807) is 17.9 Å². The molecule has 0 unspecified atom stereocenters. The zero-order valence-corrected chi connectivity index (χ0v) is 17.5. The van der Waals surface area contributed by atoms with E-state index < -0.39 is 11.7 Å². The van der Waals surface area contributed by atoms with Crippen molar-refractivity contribution in [2.75, 3.05) is 17.7 Å². The molecule has 0 aliphatic heterocycles. The molecule has 1 heterocycles. The fourth-order valence-electron chi connectivity index (χ4n) is 3.03. The Hall–Kier alpha value is -3.07. The summed E-state index contributed by atoms with van der Waals surface area (Å²) in [7, 11) is 1.58. The fourth-order valence-corrected chi connectivity index (χ4v) is 3.25. The lowest BCUT2D eigenvalue weighted by Gasteiger charge is -2.12. The highest BCUT2D eigenvalue weighted by molar-refractivity contribution is 7.80. The summed E-state index contributed by atoms with van der Waals surface area (Å²) in [6, 6.07) is 12.6. The number of aromatic nitrogens is 2. The number of nitrogens with one attached hydrogen (secondary N) is 2. The highest BCUT2D eigenvalue weighted by Gasteiger charge is 2.30. The second kappa shape index (κ2) is 8.74. The number of anilines is 2. The van der Waals surface area contributed by atoms with Gasteiger partial charge < -0.3 is 15.4 Å². The third-order valence-electron chi connectivity index (χ3n) is 4.53. The van der Waals surface area contributed by atoms with E-state index in [0.29, 0.717) is 27.8 Å². The number of alkyl halides is 3. The van der Waals surface area contributed by atoms with E-state index in [9.17, 15) is 13.2 Å².